The standard InChI is InChI=1S/C36H37N3O9S/c1-22(40)46-20-26-21-49(45)33-28(37-31(41)27(23-14-8-5-9-15-23)38-35(44)48-36(2,3)4)32(42)39(33)29(26)34(43)47-30(24-16-10-6-11-17-24)25-18-12-7-13-19-25/h5-19,27-28,30,33H,20-21H2,1-4H3,(H,37,41)(H,38,44)/t27?,28-,33+,49?/m1/s1. The summed E-state index contributed by atoms with van der Waals surface area (Å²) in [5, 5.41) is 4.04. The van der Waals surface area contributed by atoms with E-state index >= 15 is 0 Å². The first kappa shape index (κ1) is 35.2. The first-order chi connectivity index (χ1) is 23.3. The Morgan fingerprint density at radius 2 is 1.43 bits per heavy atom. The summed E-state index contributed by atoms with van der Waals surface area (Å²) in [6.45, 7) is 5.83. The lowest BCUT2D eigenvalue weighted by Gasteiger charge is -2.49. The van der Waals surface area contributed by atoms with Gasteiger partial charge in [-0.15, -0.1) is 0 Å². The Kier molecular flexibility index (Phi) is 10.7. The third-order valence-corrected chi connectivity index (χ3v) is 9.29. The van der Waals surface area contributed by atoms with E-state index in [1.54, 1.807) is 99.6 Å². The number of esters is 2. The zero-order chi connectivity index (χ0) is 35.3. The number of ether oxygens (including phenoxy) is 3. The molecule has 1 saturated heterocycles. The maximum atomic E-state index is 14.0. The third kappa shape index (κ3) is 8.30. The second-order valence-electron chi connectivity index (χ2n) is 12.4. The zero-order valence-corrected chi connectivity index (χ0v) is 28.2. The largest absolute Gasteiger partial charge is 0.614 e. The molecule has 49 heavy (non-hydrogen) atoms. The number of benzene rings is 3. The maximum absolute atomic E-state index is 14.0. The number of alkyl carbamates (subject to hydrolysis) is 1. The minimum Gasteiger partial charge on any atom is -0.614 e. The van der Waals surface area contributed by atoms with E-state index in [0.29, 0.717) is 16.7 Å². The Morgan fingerprint density at radius 1 is 0.898 bits per heavy atom. The van der Waals surface area contributed by atoms with Gasteiger partial charge in [-0.05, 0) is 48.6 Å². The number of fused-ring (bicyclic) bond motifs is 1. The van der Waals surface area contributed by atoms with Crippen LogP contribution < -0.4 is 10.6 Å². The van der Waals surface area contributed by atoms with E-state index in [0.717, 1.165) is 4.90 Å². The van der Waals surface area contributed by atoms with Crippen LogP contribution in [0.2, 0.25) is 0 Å². The summed E-state index contributed by atoms with van der Waals surface area (Å²) in [5.41, 5.74) is 0.854. The molecule has 4 atom stereocenters. The summed E-state index contributed by atoms with van der Waals surface area (Å²) in [7, 11) is 0. The van der Waals surface area contributed by atoms with Gasteiger partial charge in [0.1, 0.15) is 29.7 Å². The molecular weight excluding hydrogens is 650 g/mol. The van der Waals surface area contributed by atoms with Crippen molar-refractivity contribution in [1.29, 1.82) is 0 Å². The molecule has 12 nitrogen and oxygen atoms in total. The van der Waals surface area contributed by atoms with Crippen LogP contribution in [0.5, 0.6) is 0 Å². The summed E-state index contributed by atoms with van der Waals surface area (Å²) < 4.78 is 30.2. The van der Waals surface area contributed by atoms with Crippen LogP contribution in [-0.2, 0) is 44.6 Å². The monoisotopic (exact) mass is 687 g/mol. The Bertz CT molecular complexity index is 1690. The van der Waals surface area contributed by atoms with Gasteiger partial charge in [0, 0.05) is 12.5 Å². The van der Waals surface area contributed by atoms with Crippen molar-refractivity contribution in [2.45, 2.75) is 56.9 Å². The summed E-state index contributed by atoms with van der Waals surface area (Å²) in [6.07, 6.45) is -1.71. The lowest BCUT2D eigenvalue weighted by molar-refractivity contribution is -0.155. The van der Waals surface area contributed by atoms with E-state index in [9.17, 15) is 28.5 Å². The summed E-state index contributed by atoms with van der Waals surface area (Å²) in [4.78, 5) is 67.0. The van der Waals surface area contributed by atoms with Gasteiger partial charge in [0.15, 0.2) is 12.1 Å². The van der Waals surface area contributed by atoms with Crippen molar-refractivity contribution in [3.05, 3.63) is 119 Å². The fourth-order valence-corrected chi connectivity index (χ4v) is 7.16. The maximum Gasteiger partial charge on any atom is 0.408 e. The Labute approximate surface area is 287 Å². The highest BCUT2D eigenvalue weighted by atomic mass is 32.2. The SMILES string of the molecule is CC(=O)OCC1=C(C(=O)OC(c2ccccc2)c2ccccc2)N2C(=O)[C@@H](NC(=O)C(NC(=O)OC(C)(C)C)c3ccccc3)[C@@H]2[S+]([O-])C1. The molecule has 1 fully saturated rings. The highest BCUT2D eigenvalue weighted by Crippen LogP contribution is 2.39. The summed E-state index contributed by atoms with van der Waals surface area (Å²) in [5.74, 6) is -3.23. The number of hydrogen-bond donors (Lipinski definition) is 2. The van der Waals surface area contributed by atoms with Gasteiger partial charge in [-0.2, -0.15) is 0 Å². The molecule has 3 aromatic carbocycles. The molecule has 0 aromatic heterocycles. The van der Waals surface area contributed by atoms with Crippen LogP contribution in [0.15, 0.2) is 102 Å². The molecule has 2 N–H and O–H groups in total. The highest BCUT2D eigenvalue weighted by Gasteiger charge is 2.61. The Hall–Kier alpha value is -5.14. The molecule has 5 rings (SSSR count). The number of amides is 3. The predicted molar refractivity (Wildman–Crippen MR) is 179 cm³/mol. The smallest absolute Gasteiger partial charge is 0.408 e. The molecule has 0 aliphatic carbocycles. The highest BCUT2D eigenvalue weighted by molar-refractivity contribution is 7.92. The van der Waals surface area contributed by atoms with Gasteiger partial charge in [-0.3, -0.25) is 19.3 Å². The van der Waals surface area contributed by atoms with Crippen molar-refractivity contribution >= 4 is 41.0 Å². The van der Waals surface area contributed by atoms with Crippen molar-refractivity contribution in [3.8, 4) is 0 Å². The number of nitrogens with one attached hydrogen (secondary N) is 2. The molecule has 0 radical (unpaired) electrons. The van der Waals surface area contributed by atoms with Crippen molar-refractivity contribution in [2.75, 3.05) is 12.4 Å². The fourth-order valence-electron chi connectivity index (χ4n) is 5.50. The molecule has 3 aromatic rings. The quantitative estimate of drug-likeness (QED) is 0.140. The zero-order valence-electron chi connectivity index (χ0n) is 27.4. The molecule has 2 heterocycles. The average Bonchev–Trinajstić information content (AvgIpc) is 3.07. The minimum absolute atomic E-state index is 0.140. The van der Waals surface area contributed by atoms with Crippen LogP contribution in [0.4, 0.5) is 4.79 Å². The molecule has 2 unspecified atom stereocenters. The van der Waals surface area contributed by atoms with Gasteiger partial charge in [-0.25, -0.2) is 9.59 Å². The fraction of sp³-hybridized carbons (Fsp3) is 0.306. The molecule has 256 valence electrons. The second-order valence-corrected chi connectivity index (χ2v) is 14.0. The van der Waals surface area contributed by atoms with Crippen LogP contribution in [0, 0.1) is 0 Å². The summed E-state index contributed by atoms with van der Waals surface area (Å²) >= 11 is -1.82. The molecule has 2 aliphatic heterocycles. The number of rotatable bonds is 10. The van der Waals surface area contributed by atoms with E-state index in [1.165, 1.54) is 6.92 Å². The molecule has 0 bridgehead atoms. The predicted octanol–water partition coefficient (Wildman–Crippen LogP) is 3.82. The van der Waals surface area contributed by atoms with Gasteiger partial charge in [0.2, 0.25) is 11.3 Å². The van der Waals surface area contributed by atoms with Gasteiger partial charge >= 0.3 is 18.0 Å². The Balaban J connectivity index is 1.43. The minimum atomic E-state index is -1.82. The molecule has 0 saturated carbocycles. The molecule has 3 amide bonds. The van der Waals surface area contributed by atoms with Crippen LogP contribution >= 0.6 is 0 Å². The molecule has 0 spiro atoms. The van der Waals surface area contributed by atoms with Crippen molar-refractivity contribution < 1.29 is 42.7 Å². The van der Waals surface area contributed by atoms with Crippen LogP contribution in [-0.4, -0.2) is 68.7 Å². The topological polar surface area (TPSA) is 163 Å². The molecule has 13 heteroatoms. The van der Waals surface area contributed by atoms with Crippen LogP contribution in [0.1, 0.15) is 56.5 Å². The Morgan fingerprint density at radius 3 is 1.94 bits per heavy atom. The van der Waals surface area contributed by atoms with E-state index in [1.807, 2.05) is 12.1 Å². The average molecular weight is 688 g/mol. The number of carbonyl (C=O) groups excluding carboxylic acids is 5. The van der Waals surface area contributed by atoms with Gasteiger partial charge in [0.25, 0.3) is 5.91 Å². The van der Waals surface area contributed by atoms with E-state index in [2.05, 4.69) is 10.6 Å². The second kappa shape index (κ2) is 15.0. The lowest BCUT2D eigenvalue weighted by Crippen LogP contribution is -2.75. The molecule has 2 aliphatic rings. The first-order valence-electron chi connectivity index (χ1n) is 15.6. The van der Waals surface area contributed by atoms with E-state index in [-0.39, 0.29) is 17.0 Å². The normalized spacial score (nSPS) is 19.3. The van der Waals surface area contributed by atoms with Gasteiger partial charge in [0.05, 0.1) is 0 Å². The van der Waals surface area contributed by atoms with Crippen LogP contribution in [0.3, 0.4) is 0 Å². The van der Waals surface area contributed by atoms with E-state index < -0.39 is 76.8 Å². The van der Waals surface area contributed by atoms with Crippen molar-refractivity contribution in [2.24, 2.45) is 0 Å². The number of carbonyl (C=O) groups is 5. The van der Waals surface area contributed by atoms with Crippen molar-refractivity contribution in [3.63, 3.8) is 0 Å². The van der Waals surface area contributed by atoms with Crippen molar-refractivity contribution in [1.82, 2.24) is 15.5 Å². The third-order valence-electron chi connectivity index (χ3n) is 7.63. The number of β-lactam (4-membered cyclic amide) rings is 1. The lowest BCUT2D eigenvalue weighted by atomic mass is 10.00. The van der Waals surface area contributed by atoms with Gasteiger partial charge < -0.3 is 29.4 Å². The summed E-state index contributed by atoms with van der Waals surface area (Å²) in [6, 6.07) is 23.9. The first-order valence-corrected chi connectivity index (χ1v) is 16.9. The van der Waals surface area contributed by atoms with Gasteiger partial charge in [-0.1, -0.05) is 91.0 Å². The number of nitrogens with zero attached hydrogens (tertiary/aromatic N) is 1. The molecular formula is C36H37N3O9S. The number of hydrogen-bond acceptors (Lipinski definition) is 9. The van der Waals surface area contributed by atoms with Crippen LogP contribution in [0.25, 0.3) is 0 Å². The van der Waals surface area contributed by atoms with E-state index in [4.69, 9.17) is 14.2 Å².